The second-order valence-corrected chi connectivity index (χ2v) is 9.94. The lowest BCUT2D eigenvalue weighted by molar-refractivity contribution is -0.138. The van der Waals surface area contributed by atoms with E-state index in [9.17, 15) is 19.2 Å². The van der Waals surface area contributed by atoms with Crippen LogP contribution >= 0.6 is 0 Å². The number of imide groups is 2. The van der Waals surface area contributed by atoms with E-state index in [1.807, 2.05) is 28.9 Å². The highest BCUT2D eigenvalue weighted by Gasteiger charge is 2.65. The maximum Gasteiger partial charge on any atom is 0.332 e. The number of allylic oxidation sites excluding steroid dienone is 1. The fraction of sp³-hybridized carbons (Fsp3) is 0.400. The normalized spacial score (nSPS) is 23.4. The molecule has 1 spiro atoms. The summed E-state index contributed by atoms with van der Waals surface area (Å²) in [6.07, 6.45) is 12.3. The summed E-state index contributed by atoms with van der Waals surface area (Å²) in [7, 11) is 1.53. The Morgan fingerprint density at radius 2 is 1.88 bits per heavy atom. The van der Waals surface area contributed by atoms with Crippen LogP contribution in [-0.4, -0.2) is 55.5 Å². The molecule has 0 radical (unpaired) electrons. The van der Waals surface area contributed by atoms with E-state index in [1.165, 1.54) is 16.8 Å². The van der Waals surface area contributed by atoms with Crippen molar-refractivity contribution in [2.45, 2.75) is 56.5 Å². The van der Waals surface area contributed by atoms with Crippen molar-refractivity contribution in [3.05, 3.63) is 53.0 Å². The smallest absolute Gasteiger partial charge is 0.305 e. The summed E-state index contributed by atoms with van der Waals surface area (Å²) in [6, 6.07) is 1.65. The van der Waals surface area contributed by atoms with Crippen LogP contribution in [0.15, 0.2) is 41.8 Å². The molecular weight excluding hydrogens is 434 g/mol. The number of imidazole rings is 1. The molecule has 9 nitrogen and oxygen atoms in total. The fourth-order valence-corrected chi connectivity index (χ4v) is 5.54. The van der Waals surface area contributed by atoms with Crippen LogP contribution in [0.4, 0.5) is 10.5 Å². The number of pyridine rings is 1. The minimum Gasteiger partial charge on any atom is -0.305 e. The first-order valence-corrected chi connectivity index (χ1v) is 11.8. The highest BCUT2D eigenvalue weighted by Crippen LogP contribution is 2.51. The number of hydrogen-bond donors (Lipinski definition) is 0. The summed E-state index contributed by atoms with van der Waals surface area (Å²) >= 11 is 0. The van der Waals surface area contributed by atoms with Gasteiger partial charge in [-0.1, -0.05) is 12.2 Å². The van der Waals surface area contributed by atoms with Crippen molar-refractivity contribution < 1.29 is 19.2 Å². The van der Waals surface area contributed by atoms with Crippen LogP contribution in [0.25, 0.3) is 5.65 Å². The fourth-order valence-electron chi connectivity index (χ4n) is 5.54. The van der Waals surface area contributed by atoms with Crippen molar-refractivity contribution in [3.63, 3.8) is 0 Å². The molecule has 0 bridgehead atoms. The molecule has 5 amide bonds. The molecule has 1 saturated heterocycles. The van der Waals surface area contributed by atoms with Crippen LogP contribution in [0.5, 0.6) is 0 Å². The second-order valence-electron chi connectivity index (χ2n) is 9.94. The highest BCUT2D eigenvalue weighted by molar-refractivity contribution is 6.21. The van der Waals surface area contributed by atoms with Gasteiger partial charge in [-0.15, -0.1) is 0 Å². The standard InChI is InChI=1S/C25H23N5O4/c1-27-23(33)25(8-9-25)30(24(27)34)19-10-15(14-6-7-14)11-28-12-16(26-20(19)28)13-29-21(31)17-4-2-3-5-18(17)22(29)32/h2,4,10-12,14H,3,5-9,13H2,1H3. The van der Waals surface area contributed by atoms with Crippen LogP contribution in [0.2, 0.25) is 0 Å². The molecule has 0 aromatic carbocycles. The molecule has 2 saturated carbocycles. The van der Waals surface area contributed by atoms with Gasteiger partial charge in [-0.3, -0.25) is 29.1 Å². The summed E-state index contributed by atoms with van der Waals surface area (Å²) in [4.78, 5) is 60.5. The third-order valence-corrected chi connectivity index (χ3v) is 7.69. The molecule has 0 atom stereocenters. The van der Waals surface area contributed by atoms with Gasteiger partial charge in [0, 0.05) is 30.6 Å². The molecule has 172 valence electrons. The maximum atomic E-state index is 13.1. The third-order valence-electron chi connectivity index (χ3n) is 7.69. The number of hydrogen-bond acceptors (Lipinski definition) is 5. The van der Waals surface area contributed by atoms with E-state index in [0.29, 0.717) is 53.4 Å². The predicted molar refractivity (Wildman–Crippen MR) is 121 cm³/mol. The maximum absolute atomic E-state index is 13.1. The van der Waals surface area contributed by atoms with Crippen LogP contribution in [0.1, 0.15) is 55.7 Å². The average Bonchev–Trinajstić information content (AvgIpc) is 3.76. The van der Waals surface area contributed by atoms with Crippen molar-refractivity contribution in [1.82, 2.24) is 19.2 Å². The Hall–Kier alpha value is -3.75. The predicted octanol–water partition coefficient (Wildman–Crippen LogP) is 2.66. The van der Waals surface area contributed by atoms with E-state index < -0.39 is 5.54 Å². The molecule has 7 rings (SSSR count). The van der Waals surface area contributed by atoms with Gasteiger partial charge >= 0.3 is 6.03 Å². The summed E-state index contributed by atoms with van der Waals surface area (Å²) in [5.41, 5.74) is 3.10. The van der Waals surface area contributed by atoms with Gasteiger partial charge < -0.3 is 4.40 Å². The van der Waals surface area contributed by atoms with Crippen molar-refractivity contribution >= 4 is 35.1 Å². The van der Waals surface area contributed by atoms with Crippen LogP contribution in [-0.2, 0) is 20.9 Å². The number of nitrogens with zero attached hydrogens (tertiary/aromatic N) is 5. The average molecular weight is 457 g/mol. The van der Waals surface area contributed by atoms with E-state index >= 15 is 0 Å². The number of aromatic nitrogens is 2. The molecular formula is C25H23N5O4. The zero-order valence-electron chi connectivity index (χ0n) is 18.8. The molecule has 2 aromatic heterocycles. The number of urea groups is 1. The van der Waals surface area contributed by atoms with Crippen molar-refractivity contribution in [2.75, 3.05) is 11.9 Å². The molecule has 9 heteroatoms. The Labute approximate surface area is 195 Å². The molecule has 4 heterocycles. The van der Waals surface area contributed by atoms with Gasteiger partial charge in [-0.05, 0) is 56.1 Å². The first kappa shape index (κ1) is 19.7. The monoisotopic (exact) mass is 457 g/mol. The van der Waals surface area contributed by atoms with E-state index in [2.05, 4.69) is 0 Å². The lowest BCUT2D eigenvalue weighted by atomic mass is 10.00. The SMILES string of the molecule is CN1C(=O)N(c2cc(C3CC3)cn3cc(CN4C(=O)C5=C(CCC=C5)C4=O)nc23)C2(CC2)C1=O. The molecule has 0 unspecified atom stereocenters. The molecule has 3 aliphatic carbocycles. The minimum atomic E-state index is -0.809. The van der Waals surface area contributed by atoms with E-state index in [1.54, 1.807) is 11.0 Å². The largest absolute Gasteiger partial charge is 0.332 e. The van der Waals surface area contributed by atoms with E-state index in [-0.39, 0.29) is 30.3 Å². The van der Waals surface area contributed by atoms with Crippen LogP contribution in [0.3, 0.4) is 0 Å². The van der Waals surface area contributed by atoms with Gasteiger partial charge in [0.1, 0.15) is 5.54 Å². The number of fused-ring (bicyclic) bond motifs is 1. The Balaban J connectivity index is 1.30. The summed E-state index contributed by atoms with van der Waals surface area (Å²) < 4.78 is 1.88. The zero-order chi connectivity index (χ0) is 23.4. The Morgan fingerprint density at radius 3 is 2.59 bits per heavy atom. The summed E-state index contributed by atoms with van der Waals surface area (Å²) in [5.74, 6) is -0.276. The van der Waals surface area contributed by atoms with Crippen LogP contribution < -0.4 is 4.90 Å². The molecule has 2 aromatic rings. The number of carbonyl (C=O) groups is 4. The first-order chi connectivity index (χ1) is 16.4. The van der Waals surface area contributed by atoms with Gasteiger partial charge in [-0.25, -0.2) is 9.78 Å². The Morgan fingerprint density at radius 1 is 1.09 bits per heavy atom. The first-order valence-electron chi connectivity index (χ1n) is 11.8. The summed E-state index contributed by atoms with van der Waals surface area (Å²) in [6.45, 7) is 0.0658. The lowest BCUT2D eigenvalue weighted by Gasteiger charge is -2.22. The number of carbonyl (C=O) groups excluding carboxylic acids is 4. The van der Waals surface area contributed by atoms with E-state index in [0.717, 1.165) is 24.8 Å². The number of likely N-dealkylation sites (N-methyl/N-ethyl adjacent to an activating group) is 1. The lowest BCUT2D eigenvalue weighted by Crippen LogP contribution is -2.37. The molecule has 34 heavy (non-hydrogen) atoms. The van der Waals surface area contributed by atoms with Crippen molar-refractivity contribution in [1.29, 1.82) is 0 Å². The Kier molecular flexibility index (Phi) is 3.73. The Bertz CT molecular complexity index is 1410. The van der Waals surface area contributed by atoms with Gasteiger partial charge in [0.05, 0.1) is 17.9 Å². The van der Waals surface area contributed by atoms with Crippen molar-refractivity contribution in [3.8, 4) is 0 Å². The zero-order valence-corrected chi connectivity index (χ0v) is 18.8. The van der Waals surface area contributed by atoms with Gasteiger partial charge in [0.25, 0.3) is 17.7 Å². The number of amides is 5. The highest BCUT2D eigenvalue weighted by atomic mass is 16.2. The third kappa shape index (κ3) is 2.52. The van der Waals surface area contributed by atoms with Crippen LogP contribution in [0, 0.1) is 0 Å². The number of anilines is 1. The van der Waals surface area contributed by atoms with Gasteiger partial charge in [0.2, 0.25) is 0 Å². The van der Waals surface area contributed by atoms with Gasteiger partial charge in [0.15, 0.2) is 5.65 Å². The quantitative estimate of drug-likeness (QED) is 0.520. The molecule has 2 aliphatic heterocycles. The van der Waals surface area contributed by atoms with Crippen molar-refractivity contribution in [2.24, 2.45) is 0 Å². The topological polar surface area (TPSA) is 95.3 Å². The summed E-state index contributed by atoms with van der Waals surface area (Å²) in [5, 5.41) is 0. The van der Waals surface area contributed by atoms with E-state index in [4.69, 9.17) is 4.98 Å². The molecule has 0 N–H and O–H groups in total. The molecule has 5 aliphatic rings. The minimum absolute atomic E-state index is 0.0658. The number of rotatable bonds is 4. The second kappa shape index (κ2) is 6.43. The van der Waals surface area contributed by atoms with Gasteiger partial charge in [-0.2, -0.15) is 0 Å². The molecule has 3 fully saturated rings.